The van der Waals surface area contributed by atoms with Gasteiger partial charge in [0.25, 0.3) is 0 Å². The third-order valence-corrected chi connectivity index (χ3v) is 3.32. The lowest BCUT2D eigenvalue weighted by molar-refractivity contribution is 0.0739. The molecule has 0 amide bonds. The summed E-state index contributed by atoms with van der Waals surface area (Å²) in [5.41, 5.74) is 9.50. The molecule has 0 atom stereocenters. The average Bonchev–Trinajstić information content (AvgIpc) is 2.39. The normalized spacial score (nSPS) is 14.6. The molecule has 4 heteroatoms. The van der Waals surface area contributed by atoms with Crippen LogP contribution >= 0.6 is 0 Å². The number of nitrogens with two attached hydrogens (primary N) is 1. The molecule has 4 nitrogen and oxygen atoms in total. The summed E-state index contributed by atoms with van der Waals surface area (Å²) in [5.74, 6) is 0. The molecule has 2 rings (SSSR count). The van der Waals surface area contributed by atoms with Crippen LogP contribution in [-0.2, 0) is 15.9 Å². The standard InChI is InChI=1S/C14H22N2O2/c1-17-10-11-18-9-8-16-7-3-4-12-13(15)5-2-6-14(12)16/h2,5-6H,3-4,7-11,15H2,1H3. The first-order valence-corrected chi connectivity index (χ1v) is 6.52. The second kappa shape index (κ2) is 6.61. The minimum absolute atomic E-state index is 0.656. The van der Waals surface area contributed by atoms with Gasteiger partial charge in [-0.25, -0.2) is 0 Å². The van der Waals surface area contributed by atoms with E-state index in [1.165, 1.54) is 17.7 Å². The summed E-state index contributed by atoms with van der Waals surface area (Å²) in [7, 11) is 1.69. The molecular weight excluding hydrogens is 228 g/mol. The molecule has 0 saturated heterocycles. The summed E-state index contributed by atoms with van der Waals surface area (Å²) in [4.78, 5) is 2.36. The molecule has 0 bridgehead atoms. The Kier molecular flexibility index (Phi) is 4.84. The minimum Gasteiger partial charge on any atom is -0.398 e. The fraction of sp³-hybridized carbons (Fsp3) is 0.571. The van der Waals surface area contributed by atoms with Gasteiger partial charge in [0.1, 0.15) is 0 Å². The van der Waals surface area contributed by atoms with Gasteiger partial charge in [0.2, 0.25) is 0 Å². The zero-order valence-corrected chi connectivity index (χ0v) is 11.0. The number of nitrogen functional groups attached to an aromatic ring is 1. The molecule has 0 aromatic heterocycles. The predicted molar refractivity (Wildman–Crippen MR) is 74.1 cm³/mol. The van der Waals surface area contributed by atoms with Crippen LogP contribution in [0.25, 0.3) is 0 Å². The zero-order chi connectivity index (χ0) is 12.8. The number of rotatable bonds is 6. The molecule has 1 aliphatic rings. The topological polar surface area (TPSA) is 47.7 Å². The van der Waals surface area contributed by atoms with Gasteiger partial charge in [-0.15, -0.1) is 0 Å². The maximum Gasteiger partial charge on any atom is 0.0701 e. The molecule has 0 fully saturated rings. The van der Waals surface area contributed by atoms with Crippen molar-refractivity contribution in [3.05, 3.63) is 23.8 Å². The average molecular weight is 250 g/mol. The van der Waals surface area contributed by atoms with E-state index >= 15 is 0 Å². The van der Waals surface area contributed by atoms with Crippen molar-refractivity contribution in [3.63, 3.8) is 0 Å². The van der Waals surface area contributed by atoms with Crippen molar-refractivity contribution in [2.45, 2.75) is 12.8 Å². The maximum atomic E-state index is 6.02. The number of anilines is 2. The molecule has 1 heterocycles. The van der Waals surface area contributed by atoms with E-state index in [1.54, 1.807) is 7.11 Å². The highest BCUT2D eigenvalue weighted by molar-refractivity contribution is 5.66. The molecule has 0 saturated carbocycles. The monoisotopic (exact) mass is 250 g/mol. The Hall–Kier alpha value is -1.26. The summed E-state index contributed by atoms with van der Waals surface area (Å²) in [6, 6.07) is 6.16. The fourth-order valence-electron chi connectivity index (χ4n) is 2.38. The zero-order valence-electron chi connectivity index (χ0n) is 11.0. The number of hydrogen-bond acceptors (Lipinski definition) is 4. The van der Waals surface area contributed by atoms with Crippen molar-refractivity contribution in [1.29, 1.82) is 0 Å². The number of nitrogens with zero attached hydrogens (tertiary/aromatic N) is 1. The van der Waals surface area contributed by atoms with Crippen molar-refractivity contribution in [2.24, 2.45) is 0 Å². The van der Waals surface area contributed by atoms with E-state index in [9.17, 15) is 0 Å². The maximum absolute atomic E-state index is 6.02. The van der Waals surface area contributed by atoms with Gasteiger partial charge in [0.05, 0.1) is 19.8 Å². The first-order valence-electron chi connectivity index (χ1n) is 6.52. The van der Waals surface area contributed by atoms with Gasteiger partial charge >= 0.3 is 0 Å². The van der Waals surface area contributed by atoms with Crippen molar-refractivity contribution < 1.29 is 9.47 Å². The molecule has 100 valence electrons. The summed E-state index contributed by atoms with van der Waals surface area (Å²) in [6.45, 7) is 4.06. The van der Waals surface area contributed by atoms with Crippen molar-refractivity contribution >= 4 is 11.4 Å². The van der Waals surface area contributed by atoms with Crippen LogP contribution in [0.1, 0.15) is 12.0 Å². The number of benzene rings is 1. The third-order valence-electron chi connectivity index (χ3n) is 3.32. The highest BCUT2D eigenvalue weighted by Crippen LogP contribution is 2.30. The first kappa shape index (κ1) is 13.2. The van der Waals surface area contributed by atoms with Gasteiger partial charge in [-0.2, -0.15) is 0 Å². The minimum atomic E-state index is 0.656. The van der Waals surface area contributed by atoms with Crippen molar-refractivity contribution in [3.8, 4) is 0 Å². The first-order chi connectivity index (χ1) is 8.83. The van der Waals surface area contributed by atoms with Crippen LogP contribution in [0.3, 0.4) is 0 Å². The van der Waals surface area contributed by atoms with Crippen LogP contribution in [0.4, 0.5) is 11.4 Å². The van der Waals surface area contributed by atoms with E-state index in [-0.39, 0.29) is 0 Å². The van der Waals surface area contributed by atoms with E-state index in [4.69, 9.17) is 15.2 Å². The number of hydrogen-bond donors (Lipinski definition) is 1. The van der Waals surface area contributed by atoms with Gasteiger partial charge in [0.15, 0.2) is 0 Å². The van der Waals surface area contributed by atoms with Crippen LogP contribution in [0.2, 0.25) is 0 Å². The third kappa shape index (κ3) is 3.15. The second-order valence-corrected chi connectivity index (χ2v) is 4.54. The van der Waals surface area contributed by atoms with Crippen LogP contribution in [0.5, 0.6) is 0 Å². The van der Waals surface area contributed by atoms with Crippen LogP contribution in [0, 0.1) is 0 Å². The van der Waals surface area contributed by atoms with E-state index in [0.717, 1.165) is 31.8 Å². The number of fused-ring (bicyclic) bond motifs is 1. The molecule has 0 radical (unpaired) electrons. The van der Waals surface area contributed by atoms with E-state index in [0.29, 0.717) is 13.2 Å². The summed E-state index contributed by atoms with van der Waals surface area (Å²) < 4.78 is 10.5. The van der Waals surface area contributed by atoms with Crippen LogP contribution in [0.15, 0.2) is 18.2 Å². The van der Waals surface area contributed by atoms with E-state index < -0.39 is 0 Å². The quantitative estimate of drug-likeness (QED) is 0.616. The van der Waals surface area contributed by atoms with Crippen LogP contribution < -0.4 is 10.6 Å². The Morgan fingerprint density at radius 1 is 1.28 bits per heavy atom. The molecule has 18 heavy (non-hydrogen) atoms. The highest BCUT2D eigenvalue weighted by atomic mass is 16.5. The Morgan fingerprint density at radius 2 is 2.17 bits per heavy atom. The molecular formula is C14H22N2O2. The largest absolute Gasteiger partial charge is 0.398 e. The van der Waals surface area contributed by atoms with Crippen LogP contribution in [-0.4, -0.2) is 40.0 Å². The highest BCUT2D eigenvalue weighted by Gasteiger charge is 2.17. The van der Waals surface area contributed by atoms with Gasteiger partial charge in [-0.05, 0) is 30.5 Å². The van der Waals surface area contributed by atoms with E-state index in [1.807, 2.05) is 12.1 Å². The lowest BCUT2D eigenvalue weighted by atomic mass is 10.00. The summed E-state index contributed by atoms with van der Waals surface area (Å²) in [6.07, 6.45) is 2.25. The molecule has 1 aromatic rings. The van der Waals surface area contributed by atoms with Crippen molar-refractivity contribution in [2.75, 3.05) is 50.7 Å². The Balaban J connectivity index is 1.90. The SMILES string of the molecule is COCCOCCN1CCCc2c(N)cccc21. The summed E-state index contributed by atoms with van der Waals surface area (Å²) in [5, 5.41) is 0. The molecule has 1 aliphatic heterocycles. The van der Waals surface area contributed by atoms with E-state index in [2.05, 4.69) is 11.0 Å². The molecule has 1 aromatic carbocycles. The lowest BCUT2D eigenvalue weighted by Gasteiger charge is -2.31. The molecule has 0 spiro atoms. The predicted octanol–water partition coefficient (Wildman–Crippen LogP) is 1.68. The molecule has 0 aliphatic carbocycles. The number of ether oxygens (including phenoxy) is 2. The summed E-state index contributed by atoms with van der Waals surface area (Å²) >= 11 is 0. The van der Waals surface area contributed by atoms with Gasteiger partial charge in [0, 0.05) is 31.6 Å². The Morgan fingerprint density at radius 3 is 3.00 bits per heavy atom. The lowest BCUT2D eigenvalue weighted by Crippen LogP contribution is -2.33. The van der Waals surface area contributed by atoms with Crippen molar-refractivity contribution in [1.82, 2.24) is 0 Å². The molecule has 2 N–H and O–H groups in total. The van der Waals surface area contributed by atoms with Gasteiger partial charge < -0.3 is 20.1 Å². The Bertz CT molecular complexity index is 382. The smallest absolute Gasteiger partial charge is 0.0701 e. The van der Waals surface area contributed by atoms with Gasteiger partial charge in [-0.3, -0.25) is 0 Å². The van der Waals surface area contributed by atoms with Gasteiger partial charge in [-0.1, -0.05) is 6.07 Å². The number of methoxy groups -OCH3 is 1. The molecule has 0 unspecified atom stereocenters. The Labute approximate surface area is 109 Å². The fourth-order valence-corrected chi connectivity index (χ4v) is 2.38. The second-order valence-electron chi connectivity index (χ2n) is 4.54.